The van der Waals surface area contributed by atoms with E-state index in [2.05, 4.69) is 39.7 Å². The number of nitro benzene ring substituents is 1. The second-order valence-corrected chi connectivity index (χ2v) is 3.86. The second kappa shape index (κ2) is 5.56. The summed E-state index contributed by atoms with van der Waals surface area (Å²) in [6.07, 6.45) is 0. The van der Waals surface area contributed by atoms with Gasteiger partial charge < -0.3 is 5.32 Å². The molecule has 0 aliphatic carbocycles. The Bertz CT molecular complexity index is 435. The van der Waals surface area contributed by atoms with Gasteiger partial charge in [-0.05, 0) is 35.6 Å². The average molecular weight is 316 g/mol. The Morgan fingerprint density at radius 1 is 1.60 bits per heavy atom. The van der Waals surface area contributed by atoms with Crippen LogP contribution in [0.25, 0.3) is 0 Å². The van der Waals surface area contributed by atoms with Gasteiger partial charge in [-0.3, -0.25) is 10.1 Å². The normalized spacial score (nSPS) is 8.93. The number of nitro groups is 1. The number of anilines is 1. The van der Waals surface area contributed by atoms with Crippen LogP contribution in [0, 0.1) is 25.5 Å². The first-order chi connectivity index (χ1) is 7.15. The lowest BCUT2D eigenvalue weighted by molar-refractivity contribution is -0.384. The SMILES string of the molecule is CC#CCNc1ccc([N+](=O)[O-])cc1I. The van der Waals surface area contributed by atoms with Gasteiger partial charge in [0.25, 0.3) is 5.69 Å². The number of nitrogens with zero attached hydrogens (tertiary/aromatic N) is 1. The van der Waals surface area contributed by atoms with E-state index < -0.39 is 4.92 Å². The van der Waals surface area contributed by atoms with E-state index >= 15 is 0 Å². The first-order valence-corrected chi connectivity index (χ1v) is 5.30. The number of hydrogen-bond donors (Lipinski definition) is 1. The zero-order valence-electron chi connectivity index (χ0n) is 8.08. The lowest BCUT2D eigenvalue weighted by Gasteiger charge is -2.04. The van der Waals surface area contributed by atoms with E-state index in [1.165, 1.54) is 12.1 Å². The molecule has 0 aliphatic heterocycles. The molecule has 1 rings (SSSR count). The molecule has 0 amide bonds. The highest BCUT2D eigenvalue weighted by Gasteiger charge is 2.07. The third-order valence-electron chi connectivity index (χ3n) is 1.71. The lowest BCUT2D eigenvalue weighted by Crippen LogP contribution is -2.01. The summed E-state index contributed by atoms with van der Waals surface area (Å²) in [7, 11) is 0. The highest BCUT2D eigenvalue weighted by molar-refractivity contribution is 14.1. The minimum Gasteiger partial charge on any atom is -0.373 e. The molecule has 0 radical (unpaired) electrons. The Labute approximate surface area is 101 Å². The summed E-state index contributed by atoms with van der Waals surface area (Å²) in [5.74, 6) is 5.63. The molecule has 1 aromatic carbocycles. The van der Waals surface area contributed by atoms with Gasteiger partial charge in [-0.25, -0.2) is 0 Å². The van der Waals surface area contributed by atoms with Gasteiger partial charge >= 0.3 is 0 Å². The first kappa shape index (κ1) is 11.8. The van der Waals surface area contributed by atoms with Crippen molar-refractivity contribution in [2.75, 3.05) is 11.9 Å². The molecular formula is C10H9IN2O2. The lowest BCUT2D eigenvalue weighted by atomic mass is 10.3. The molecule has 1 N–H and O–H groups in total. The van der Waals surface area contributed by atoms with E-state index in [0.29, 0.717) is 6.54 Å². The second-order valence-electron chi connectivity index (χ2n) is 2.70. The van der Waals surface area contributed by atoms with Crippen LogP contribution in [0.2, 0.25) is 0 Å². The predicted molar refractivity (Wildman–Crippen MR) is 67.8 cm³/mol. The third kappa shape index (κ3) is 3.40. The minimum atomic E-state index is -0.405. The molecule has 0 fully saturated rings. The van der Waals surface area contributed by atoms with Crippen LogP contribution in [0.5, 0.6) is 0 Å². The molecule has 4 nitrogen and oxygen atoms in total. The molecule has 0 unspecified atom stereocenters. The Hall–Kier alpha value is -1.29. The van der Waals surface area contributed by atoms with Gasteiger partial charge in [-0.15, -0.1) is 5.92 Å². The maximum atomic E-state index is 10.5. The zero-order chi connectivity index (χ0) is 11.3. The molecular weight excluding hydrogens is 307 g/mol. The summed E-state index contributed by atoms with van der Waals surface area (Å²) >= 11 is 2.06. The summed E-state index contributed by atoms with van der Waals surface area (Å²) in [6, 6.07) is 4.70. The number of rotatable bonds is 3. The number of halogens is 1. The maximum absolute atomic E-state index is 10.5. The molecule has 1 aromatic rings. The molecule has 0 saturated carbocycles. The van der Waals surface area contributed by atoms with Gasteiger partial charge in [0.1, 0.15) is 0 Å². The Morgan fingerprint density at radius 3 is 2.87 bits per heavy atom. The molecule has 0 saturated heterocycles. The first-order valence-electron chi connectivity index (χ1n) is 4.22. The van der Waals surface area contributed by atoms with E-state index in [9.17, 15) is 10.1 Å². The molecule has 15 heavy (non-hydrogen) atoms. The van der Waals surface area contributed by atoms with Crippen molar-refractivity contribution in [3.63, 3.8) is 0 Å². The molecule has 78 valence electrons. The quantitative estimate of drug-likeness (QED) is 0.404. The van der Waals surface area contributed by atoms with E-state index in [-0.39, 0.29) is 5.69 Å². The number of non-ortho nitro benzene ring substituents is 1. The molecule has 5 heteroatoms. The van der Waals surface area contributed by atoms with Gasteiger partial charge in [-0.1, -0.05) is 5.92 Å². The van der Waals surface area contributed by atoms with E-state index in [4.69, 9.17) is 0 Å². The van der Waals surface area contributed by atoms with Gasteiger partial charge in [-0.2, -0.15) is 0 Å². The van der Waals surface area contributed by atoms with E-state index in [1.807, 2.05) is 0 Å². The molecule has 0 bridgehead atoms. The summed E-state index contributed by atoms with van der Waals surface area (Å²) in [5, 5.41) is 13.6. The van der Waals surface area contributed by atoms with Gasteiger partial charge in [0.05, 0.1) is 11.5 Å². The fourth-order valence-electron chi connectivity index (χ4n) is 0.989. The van der Waals surface area contributed by atoms with Crippen molar-refractivity contribution in [3.05, 3.63) is 31.9 Å². The molecule has 0 aromatic heterocycles. The maximum Gasteiger partial charge on any atom is 0.270 e. The largest absolute Gasteiger partial charge is 0.373 e. The Balaban J connectivity index is 2.82. The fourth-order valence-corrected chi connectivity index (χ4v) is 1.68. The van der Waals surface area contributed by atoms with Crippen LogP contribution in [0.15, 0.2) is 18.2 Å². The molecule has 0 heterocycles. The number of hydrogen-bond acceptors (Lipinski definition) is 3. The van der Waals surface area contributed by atoms with Crippen molar-refractivity contribution >= 4 is 34.0 Å². The summed E-state index contributed by atoms with van der Waals surface area (Å²) in [4.78, 5) is 10.1. The van der Waals surface area contributed by atoms with Crippen molar-refractivity contribution in [1.29, 1.82) is 0 Å². The summed E-state index contributed by atoms with van der Waals surface area (Å²) in [6.45, 7) is 2.31. The van der Waals surface area contributed by atoms with Crippen molar-refractivity contribution in [2.45, 2.75) is 6.92 Å². The average Bonchev–Trinajstić information content (AvgIpc) is 2.20. The monoisotopic (exact) mass is 316 g/mol. The van der Waals surface area contributed by atoms with Crippen LogP contribution in [-0.4, -0.2) is 11.5 Å². The van der Waals surface area contributed by atoms with Gasteiger partial charge in [0, 0.05) is 21.4 Å². The zero-order valence-corrected chi connectivity index (χ0v) is 10.2. The standard InChI is InChI=1S/C10H9IN2O2/c1-2-3-6-12-10-5-4-8(13(14)15)7-9(10)11/h4-5,7,12H,6H2,1H3. The fraction of sp³-hybridized carbons (Fsp3) is 0.200. The van der Waals surface area contributed by atoms with Crippen LogP contribution in [0.4, 0.5) is 11.4 Å². The van der Waals surface area contributed by atoms with E-state index in [0.717, 1.165) is 9.26 Å². The van der Waals surface area contributed by atoms with E-state index in [1.54, 1.807) is 13.0 Å². The number of benzene rings is 1. The molecule has 0 atom stereocenters. The van der Waals surface area contributed by atoms with Gasteiger partial charge in [0.15, 0.2) is 0 Å². The summed E-state index contributed by atoms with van der Waals surface area (Å²) in [5.41, 5.74) is 0.968. The van der Waals surface area contributed by atoms with Crippen LogP contribution in [-0.2, 0) is 0 Å². The predicted octanol–water partition coefficient (Wildman–Crippen LogP) is 2.63. The minimum absolute atomic E-state index is 0.103. The van der Waals surface area contributed by atoms with Crippen LogP contribution < -0.4 is 5.32 Å². The third-order valence-corrected chi connectivity index (χ3v) is 2.60. The summed E-state index contributed by atoms with van der Waals surface area (Å²) < 4.78 is 0.819. The highest BCUT2D eigenvalue weighted by atomic mass is 127. The van der Waals surface area contributed by atoms with Crippen molar-refractivity contribution in [1.82, 2.24) is 0 Å². The number of nitrogens with one attached hydrogen (secondary N) is 1. The molecule has 0 aliphatic rings. The van der Waals surface area contributed by atoms with Crippen molar-refractivity contribution < 1.29 is 4.92 Å². The highest BCUT2D eigenvalue weighted by Crippen LogP contribution is 2.23. The smallest absolute Gasteiger partial charge is 0.270 e. The van der Waals surface area contributed by atoms with Gasteiger partial charge in [0.2, 0.25) is 0 Å². The van der Waals surface area contributed by atoms with Crippen molar-refractivity contribution in [2.24, 2.45) is 0 Å². The molecule has 0 spiro atoms. The Morgan fingerprint density at radius 2 is 2.33 bits per heavy atom. The topological polar surface area (TPSA) is 55.2 Å². The van der Waals surface area contributed by atoms with Crippen LogP contribution >= 0.6 is 22.6 Å². The van der Waals surface area contributed by atoms with Crippen molar-refractivity contribution in [3.8, 4) is 11.8 Å². The van der Waals surface area contributed by atoms with Crippen LogP contribution in [0.1, 0.15) is 6.92 Å². The Kier molecular flexibility index (Phi) is 4.37. The van der Waals surface area contributed by atoms with Crippen LogP contribution in [0.3, 0.4) is 0 Å².